The minimum atomic E-state index is -0.157. The summed E-state index contributed by atoms with van der Waals surface area (Å²) in [4.78, 5) is 16.1. The third kappa shape index (κ3) is 2.13. The van der Waals surface area contributed by atoms with Gasteiger partial charge in [0.15, 0.2) is 0 Å². The molecular weight excluding hydrogens is 258 g/mol. The van der Waals surface area contributed by atoms with Gasteiger partial charge in [-0.05, 0) is 43.0 Å². The number of carbonyl (C=O) groups is 1. The van der Waals surface area contributed by atoms with Crippen LogP contribution < -0.4 is 5.43 Å². The normalized spacial score (nSPS) is 16.8. The molecule has 0 aromatic carbocycles. The van der Waals surface area contributed by atoms with Gasteiger partial charge in [0, 0.05) is 11.4 Å². The number of thiophene rings is 1. The van der Waals surface area contributed by atoms with Crippen molar-refractivity contribution in [2.75, 3.05) is 0 Å². The van der Waals surface area contributed by atoms with Crippen LogP contribution in [0, 0.1) is 13.8 Å². The van der Waals surface area contributed by atoms with E-state index >= 15 is 0 Å². The summed E-state index contributed by atoms with van der Waals surface area (Å²) >= 11 is 1.57. The summed E-state index contributed by atoms with van der Waals surface area (Å²) in [5, 5.41) is 6.09. The highest BCUT2D eigenvalue weighted by Gasteiger charge is 2.24. The van der Waals surface area contributed by atoms with Crippen molar-refractivity contribution in [2.24, 2.45) is 5.10 Å². The van der Waals surface area contributed by atoms with Crippen LogP contribution in [-0.2, 0) is 4.79 Å². The van der Waals surface area contributed by atoms with Crippen molar-refractivity contribution >= 4 is 29.0 Å². The van der Waals surface area contributed by atoms with Crippen molar-refractivity contribution in [3.8, 4) is 0 Å². The van der Waals surface area contributed by atoms with Crippen molar-refractivity contribution in [1.82, 2.24) is 10.4 Å². The number of aromatic amines is 1. The van der Waals surface area contributed by atoms with E-state index in [0.717, 1.165) is 21.8 Å². The van der Waals surface area contributed by atoms with Gasteiger partial charge in [-0.1, -0.05) is 6.07 Å². The Bertz CT molecular complexity index is 692. The molecule has 0 unspecified atom stereocenters. The Morgan fingerprint density at radius 2 is 2.21 bits per heavy atom. The summed E-state index contributed by atoms with van der Waals surface area (Å²) in [6, 6.07) is 5.97. The second kappa shape index (κ2) is 4.51. The zero-order valence-electron chi connectivity index (χ0n) is 10.7. The molecule has 0 saturated heterocycles. The second-order valence-electron chi connectivity index (χ2n) is 4.49. The first-order chi connectivity index (χ1) is 9.15. The molecule has 0 bridgehead atoms. The van der Waals surface area contributed by atoms with E-state index in [1.54, 1.807) is 11.3 Å². The van der Waals surface area contributed by atoms with Gasteiger partial charge in [0.25, 0.3) is 5.91 Å². The van der Waals surface area contributed by atoms with E-state index in [-0.39, 0.29) is 5.91 Å². The van der Waals surface area contributed by atoms with Crippen molar-refractivity contribution in [3.05, 3.63) is 51.0 Å². The number of carbonyl (C=O) groups excluding carboxylic acids is 1. The van der Waals surface area contributed by atoms with Crippen LogP contribution in [0.5, 0.6) is 0 Å². The molecule has 0 aliphatic carbocycles. The highest BCUT2D eigenvalue weighted by Crippen LogP contribution is 2.22. The third-order valence-electron chi connectivity index (χ3n) is 3.00. The van der Waals surface area contributed by atoms with E-state index in [9.17, 15) is 4.79 Å². The Balaban J connectivity index is 2.05. The highest BCUT2D eigenvalue weighted by atomic mass is 32.1. The molecule has 3 rings (SSSR count). The molecule has 1 amide bonds. The molecule has 3 heterocycles. The van der Waals surface area contributed by atoms with E-state index < -0.39 is 0 Å². The molecule has 0 radical (unpaired) electrons. The molecular formula is C14H13N3OS. The van der Waals surface area contributed by atoms with Gasteiger partial charge < -0.3 is 4.98 Å². The molecule has 0 atom stereocenters. The van der Waals surface area contributed by atoms with Crippen LogP contribution in [0.3, 0.4) is 0 Å². The summed E-state index contributed by atoms with van der Waals surface area (Å²) in [6.07, 6.45) is 1.86. The van der Waals surface area contributed by atoms with Crippen LogP contribution in [0.2, 0.25) is 0 Å². The number of aromatic nitrogens is 1. The Labute approximate surface area is 114 Å². The van der Waals surface area contributed by atoms with Gasteiger partial charge in [0.05, 0.1) is 10.5 Å². The summed E-state index contributed by atoms with van der Waals surface area (Å²) < 4.78 is 0. The summed E-state index contributed by atoms with van der Waals surface area (Å²) in [5.41, 5.74) is 7.00. The number of hydrogen-bond acceptors (Lipinski definition) is 3. The fourth-order valence-electron chi connectivity index (χ4n) is 2.11. The fraction of sp³-hybridized carbons (Fsp3) is 0.143. The van der Waals surface area contributed by atoms with E-state index in [4.69, 9.17) is 0 Å². The lowest BCUT2D eigenvalue weighted by Crippen LogP contribution is -2.13. The Morgan fingerprint density at radius 1 is 1.37 bits per heavy atom. The third-order valence-corrected chi connectivity index (χ3v) is 3.88. The predicted molar refractivity (Wildman–Crippen MR) is 77.2 cm³/mol. The first-order valence-corrected chi connectivity index (χ1v) is 6.83. The number of H-pyrrole nitrogens is 1. The van der Waals surface area contributed by atoms with E-state index in [1.165, 1.54) is 0 Å². The van der Waals surface area contributed by atoms with Crippen LogP contribution in [0.4, 0.5) is 0 Å². The lowest BCUT2D eigenvalue weighted by molar-refractivity contribution is -0.116. The number of amides is 1. The minimum absolute atomic E-state index is 0.157. The standard InChI is InChI=1S/C14H13N3OS/c1-8-6-9(2)15-11(8)7-10-13(16-17-14(10)18)12-4-3-5-19-12/h3-7,15H,1-2H3,(H,17,18)/b10-7+. The molecule has 5 heteroatoms. The smallest absolute Gasteiger partial charge is 0.273 e. The number of rotatable bonds is 2. The molecule has 2 N–H and O–H groups in total. The van der Waals surface area contributed by atoms with Crippen LogP contribution in [-0.4, -0.2) is 16.6 Å². The van der Waals surface area contributed by atoms with Gasteiger partial charge >= 0.3 is 0 Å². The Kier molecular flexibility index (Phi) is 2.83. The molecule has 0 saturated carbocycles. The lowest BCUT2D eigenvalue weighted by Gasteiger charge is -1.98. The Morgan fingerprint density at radius 3 is 2.84 bits per heavy atom. The van der Waals surface area contributed by atoms with Gasteiger partial charge in [-0.2, -0.15) is 5.10 Å². The van der Waals surface area contributed by atoms with Crippen LogP contribution in [0.25, 0.3) is 6.08 Å². The maximum absolute atomic E-state index is 11.9. The zero-order chi connectivity index (χ0) is 13.4. The van der Waals surface area contributed by atoms with E-state index in [2.05, 4.69) is 21.6 Å². The first kappa shape index (κ1) is 11.9. The highest BCUT2D eigenvalue weighted by molar-refractivity contribution is 7.12. The summed E-state index contributed by atoms with van der Waals surface area (Å²) in [7, 11) is 0. The zero-order valence-corrected chi connectivity index (χ0v) is 11.5. The molecule has 96 valence electrons. The van der Waals surface area contributed by atoms with E-state index in [1.807, 2.05) is 37.4 Å². The molecule has 2 aromatic rings. The largest absolute Gasteiger partial charge is 0.359 e. The number of aryl methyl sites for hydroxylation is 2. The van der Waals surface area contributed by atoms with Gasteiger partial charge in [-0.25, -0.2) is 5.43 Å². The van der Waals surface area contributed by atoms with Crippen molar-refractivity contribution in [1.29, 1.82) is 0 Å². The molecule has 19 heavy (non-hydrogen) atoms. The van der Waals surface area contributed by atoms with Gasteiger partial charge in [0.1, 0.15) is 5.71 Å². The van der Waals surface area contributed by atoms with Crippen molar-refractivity contribution in [2.45, 2.75) is 13.8 Å². The van der Waals surface area contributed by atoms with Crippen molar-refractivity contribution in [3.63, 3.8) is 0 Å². The average Bonchev–Trinajstić information content (AvgIpc) is 3.04. The summed E-state index contributed by atoms with van der Waals surface area (Å²) in [5.74, 6) is -0.157. The van der Waals surface area contributed by atoms with Crippen LogP contribution >= 0.6 is 11.3 Å². The SMILES string of the molecule is Cc1cc(C)c(/C=C2/C(=O)NN=C2c2cccs2)[nH]1. The maximum Gasteiger partial charge on any atom is 0.273 e. The molecule has 0 fully saturated rings. The van der Waals surface area contributed by atoms with Crippen molar-refractivity contribution < 1.29 is 4.79 Å². The molecule has 1 aliphatic rings. The number of hydrogen-bond donors (Lipinski definition) is 2. The maximum atomic E-state index is 11.9. The average molecular weight is 271 g/mol. The minimum Gasteiger partial charge on any atom is -0.359 e. The molecule has 1 aliphatic heterocycles. The summed E-state index contributed by atoms with van der Waals surface area (Å²) in [6.45, 7) is 4.02. The molecule has 0 spiro atoms. The van der Waals surface area contributed by atoms with Crippen LogP contribution in [0.1, 0.15) is 21.8 Å². The van der Waals surface area contributed by atoms with E-state index in [0.29, 0.717) is 11.3 Å². The number of nitrogens with one attached hydrogen (secondary N) is 2. The monoisotopic (exact) mass is 271 g/mol. The molecule has 4 nitrogen and oxygen atoms in total. The second-order valence-corrected chi connectivity index (χ2v) is 5.43. The van der Waals surface area contributed by atoms with Gasteiger partial charge in [-0.15, -0.1) is 11.3 Å². The Hall–Kier alpha value is -2.14. The fourth-order valence-corrected chi connectivity index (χ4v) is 2.84. The van der Waals surface area contributed by atoms with Crippen LogP contribution in [0.15, 0.2) is 34.3 Å². The number of nitrogens with zero attached hydrogens (tertiary/aromatic N) is 1. The van der Waals surface area contributed by atoms with Gasteiger partial charge in [0.2, 0.25) is 0 Å². The first-order valence-electron chi connectivity index (χ1n) is 5.95. The number of hydrazone groups is 1. The predicted octanol–water partition coefficient (Wildman–Crippen LogP) is 2.61. The molecule has 2 aromatic heterocycles. The quantitative estimate of drug-likeness (QED) is 0.810. The lowest BCUT2D eigenvalue weighted by atomic mass is 10.1. The van der Waals surface area contributed by atoms with Gasteiger partial charge in [-0.3, -0.25) is 4.79 Å². The topological polar surface area (TPSA) is 57.2 Å².